The number of para-hydroxylation sites is 1. The van der Waals surface area contributed by atoms with E-state index in [1.165, 1.54) is 121 Å². The van der Waals surface area contributed by atoms with Crippen molar-refractivity contribution >= 4 is 54.1 Å². The molecule has 1 heteroatoms. The van der Waals surface area contributed by atoms with Gasteiger partial charge in [0.25, 0.3) is 0 Å². The third-order valence-corrected chi connectivity index (χ3v) is 13.1. The van der Waals surface area contributed by atoms with Crippen LogP contribution in [0.3, 0.4) is 0 Å². The van der Waals surface area contributed by atoms with Gasteiger partial charge < -0.3 is 4.57 Å². The molecule has 12 aromatic rings. The van der Waals surface area contributed by atoms with Gasteiger partial charge in [-0.3, -0.25) is 0 Å². The zero-order valence-corrected chi connectivity index (χ0v) is 33.3. The molecule has 0 spiro atoms. The first-order valence-corrected chi connectivity index (χ1v) is 21.2. The Labute approximate surface area is 354 Å². The maximum Gasteiger partial charge on any atom is 0.0553 e. The number of hydrogen-bond donors (Lipinski definition) is 0. The van der Waals surface area contributed by atoms with Crippen LogP contribution in [0.15, 0.2) is 224 Å². The van der Waals surface area contributed by atoms with E-state index < -0.39 is 0 Å². The molecule has 1 heterocycles. The van der Waals surface area contributed by atoms with Crippen molar-refractivity contribution in [2.45, 2.75) is 0 Å². The van der Waals surface area contributed by atoms with Crippen molar-refractivity contribution in [3.05, 3.63) is 224 Å². The average molecular weight is 772 g/mol. The Morgan fingerprint density at radius 2 is 0.770 bits per heavy atom. The second-order valence-electron chi connectivity index (χ2n) is 16.3. The molecule has 0 unspecified atom stereocenters. The van der Waals surface area contributed by atoms with E-state index in [0.29, 0.717) is 0 Å². The normalized spacial score (nSPS) is 11.9. The summed E-state index contributed by atoms with van der Waals surface area (Å²) in [6.07, 6.45) is 0. The first kappa shape index (κ1) is 33.9. The van der Waals surface area contributed by atoms with Crippen LogP contribution in [0.2, 0.25) is 0 Å². The summed E-state index contributed by atoms with van der Waals surface area (Å²) in [4.78, 5) is 0. The molecule has 0 amide bonds. The van der Waals surface area contributed by atoms with Crippen LogP contribution in [0.5, 0.6) is 0 Å². The minimum atomic E-state index is 1.15. The van der Waals surface area contributed by atoms with Crippen LogP contribution in [0.25, 0.3) is 127 Å². The van der Waals surface area contributed by atoms with E-state index in [1.807, 2.05) is 0 Å². The lowest BCUT2D eigenvalue weighted by atomic mass is 9.82. The van der Waals surface area contributed by atoms with Crippen LogP contribution in [-0.2, 0) is 0 Å². The molecule has 0 N–H and O–H groups in total. The largest absolute Gasteiger partial charge is 0.309 e. The molecule has 1 aliphatic rings. The summed E-state index contributed by atoms with van der Waals surface area (Å²) in [6.45, 7) is 0. The SMILES string of the molecule is c1ccc(-c2c3c(c(-c4ccccc4)c4ccccc24)-c2cc4c(c5cccc-3c25)c2cc(-c3ccc(-c5cccc6ccccc56)cc3)ccc2n4-c2ccccc2)cc1. The second-order valence-corrected chi connectivity index (χ2v) is 16.3. The Kier molecular flexibility index (Phi) is 7.37. The zero-order chi connectivity index (χ0) is 40.0. The maximum absolute atomic E-state index is 2.51. The van der Waals surface area contributed by atoms with Crippen LogP contribution in [0.1, 0.15) is 0 Å². The number of fused-ring (bicyclic) bond motifs is 9. The molecule has 1 nitrogen and oxygen atoms in total. The van der Waals surface area contributed by atoms with Gasteiger partial charge in [-0.05, 0) is 129 Å². The number of nitrogens with zero attached hydrogens (tertiary/aromatic N) is 1. The maximum atomic E-state index is 2.51. The van der Waals surface area contributed by atoms with Gasteiger partial charge in [0.15, 0.2) is 0 Å². The fourth-order valence-electron chi connectivity index (χ4n) is 10.5. The molecule has 0 bridgehead atoms. The van der Waals surface area contributed by atoms with Crippen molar-refractivity contribution in [3.63, 3.8) is 0 Å². The van der Waals surface area contributed by atoms with E-state index in [9.17, 15) is 0 Å². The number of hydrogen-bond acceptors (Lipinski definition) is 0. The molecular weight excluding hydrogens is 735 g/mol. The van der Waals surface area contributed by atoms with Crippen LogP contribution >= 0.6 is 0 Å². The summed E-state index contributed by atoms with van der Waals surface area (Å²) in [5, 5.41) is 10.2. The molecule has 0 atom stereocenters. The van der Waals surface area contributed by atoms with Crippen molar-refractivity contribution in [2.75, 3.05) is 0 Å². The molecule has 1 aliphatic carbocycles. The van der Waals surface area contributed by atoms with Gasteiger partial charge >= 0.3 is 0 Å². The van der Waals surface area contributed by atoms with Crippen LogP contribution < -0.4 is 0 Å². The van der Waals surface area contributed by atoms with Gasteiger partial charge in [-0.25, -0.2) is 0 Å². The molecule has 0 aliphatic heterocycles. The van der Waals surface area contributed by atoms with Crippen molar-refractivity contribution in [2.24, 2.45) is 0 Å². The first-order chi connectivity index (χ1) is 30.3. The van der Waals surface area contributed by atoms with E-state index >= 15 is 0 Å². The Morgan fingerprint density at radius 1 is 0.246 bits per heavy atom. The Morgan fingerprint density at radius 3 is 1.48 bits per heavy atom. The number of aromatic nitrogens is 1. The predicted molar refractivity (Wildman–Crippen MR) is 259 cm³/mol. The highest BCUT2D eigenvalue weighted by Gasteiger charge is 2.32. The van der Waals surface area contributed by atoms with E-state index in [-0.39, 0.29) is 0 Å². The fraction of sp³-hybridized carbons (Fsp3) is 0. The lowest BCUT2D eigenvalue weighted by Gasteiger charge is -2.20. The second kappa shape index (κ2) is 13.3. The summed E-state index contributed by atoms with van der Waals surface area (Å²) in [7, 11) is 0. The van der Waals surface area contributed by atoms with E-state index in [1.54, 1.807) is 0 Å². The molecule has 1 aromatic heterocycles. The quantitative estimate of drug-likeness (QED) is 0.164. The van der Waals surface area contributed by atoms with Crippen molar-refractivity contribution < 1.29 is 0 Å². The molecular formula is C60H37N. The van der Waals surface area contributed by atoms with Crippen LogP contribution in [0, 0.1) is 0 Å². The zero-order valence-electron chi connectivity index (χ0n) is 33.3. The molecule has 0 radical (unpaired) electrons. The molecule has 61 heavy (non-hydrogen) atoms. The third kappa shape index (κ3) is 5.02. The first-order valence-electron chi connectivity index (χ1n) is 21.2. The predicted octanol–water partition coefficient (Wildman–Crippen LogP) is 16.6. The Balaban J connectivity index is 1.11. The smallest absolute Gasteiger partial charge is 0.0553 e. The van der Waals surface area contributed by atoms with Crippen molar-refractivity contribution in [1.82, 2.24) is 4.57 Å². The minimum Gasteiger partial charge on any atom is -0.309 e. The minimum absolute atomic E-state index is 1.15. The number of benzene rings is 11. The van der Waals surface area contributed by atoms with Gasteiger partial charge in [-0.2, -0.15) is 0 Å². The van der Waals surface area contributed by atoms with Gasteiger partial charge in [-0.1, -0.05) is 194 Å². The monoisotopic (exact) mass is 771 g/mol. The summed E-state index contributed by atoms with van der Waals surface area (Å²) < 4.78 is 2.49. The Bertz CT molecular complexity index is 3700. The average Bonchev–Trinajstić information content (AvgIpc) is 3.84. The van der Waals surface area contributed by atoms with Crippen LogP contribution in [0.4, 0.5) is 0 Å². The molecule has 11 aromatic carbocycles. The lowest BCUT2D eigenvalue weighted by molar-refractivity contribution is 1.18. The van der Waals surface area contributed by atoms with E-state index in [0.717, 1.165) is 5.69 Å². The van der Waals surface area contributed by atoms with Crippen LogP contribution in [-0.4, -0.2) is 4.57 Å². The highest BCUT2D eigenvalue weighted by atomic mass is 15.0. The highest BCUT2D eigenvalue weighted by molar-refractivity contribution is 6.34. The summed E-state index contributed by atoms with van der Waals surface area (Å²) in [5.41, 5.74) is 18.7. The van der Waals surface area contributed by atoms with E-state index in [4.69, 9.17) is 0 Å². The van der Waals surface area contributed by atoms with Gasteiger partial charge in [0.2, 0.25) is 0 Å². The summed E-state index contributed by atoms with van der Waals surface area (Å²) in [6, 6.07) is 82.9. The lowest BCUT2D eigenvalue weighted by Crippen LogP contribution is -1.95. The van der Waals surface area contributed by atoms with Gasteiger partial charge in [0.1, 0.15) is 0 Å². The highest BCUT2D eigenvalue weighted by Crippen LogP contribution is 2.59. The number of rotatable bonds is 5. The van der Waals surface area contributed by atoms with Gasteiger partial charge in [0.05, 0.1) is 11.0 Å². The van der Waals surface area contributed by atoms with E-state index in [2.05, 4.69) is 229 Å². The van der Waals surface area contributed by atoms with Gasteiger partial charge in [0, 0.05) is 16.5 Å². The topological polar surface area (TPSA) is 4.93 Å². The standard InChI is InChI=1S/C60H37N/c1-4-17-41(18-5-1)55-47-25-12-13-26-48(47)56(42-19-6-2-7-20-42)60-52-37-54-58(49-28-15-29-50(57(49)52)59(55)60)51-36-43(34-35-53(51)61(54)44-22-8-3-9-23-44)38-30-32-40(33-31-38)46-27-14-21-39-16-10-11-24-45(39)46/h1-37H. The molecule has 0 saturated heterocycles. The molecule has 0 saturated carbocycles. The van der Waals surface area contributed by atoms with Crippen molar-refractivity contribution in [3.8, 4) is 72.4 Å². The fourth-order valence-corrected chi connectivity index (χ4v) is 10.5. The summed E-state index contributed by atoms with van der Waals surface area (Å²) in [5.74, 6) is 0. The Hall–Kier alpha value is -8.00. The molecule has 13 rings (SSSR count). The summed E-state index contributed by atoms with van der Waals surface area (Å²) >= 11 is 0. The van der Waals surface area contributed by atoms with Gasteiger partial charge in [-0.15, -0.1) is 0 Å². The molecule has 282 valence electrons. The third-order valence-electron chi connectivity index (χ3n) is 13.1. The molecule has 0 fully saturated rings. The van der Waals surface area contributed by atoms with Crippen molar-refractivity contribution in [1.29, 1.82) is 0 Å².